The summed E-state index contributed by atoms with van der Waals surface area (Å²) >= 11 is 3.42. The number of anilines is 2. The van der Waals surface area contributed by atoms with Crippen LogP contribution in [-0.2, 0) is 19.2 Å². The molecule has 2 saturated heterocycles. The minimum absolute atomic E-state index is 0.0647. The molecule has 224 valence electrons. The molecule has 44 heavy (non-hydrogen) atoms. The molecule has 3 aromatic rings. The average molecular weight is 656 g/mol. The van der Waals surface area contributed by atoms with Gasteiger partial charge in [-0.15, -0.1) is 0 Å². The molecule has 0 aromatic heterocycles. The molecule has 7 rings (SSSR count). The molecule has 3 aromatic carbocycles. The summed E-state index contributed by atoms with van der Waals surface area (Å²) in [6, 6.07) is 23.4. The Kier molecular flexibility index (Phi) is 7.05. The van der Waals surface area contributed by atoms with Crippen LogP contribution in [0.4, 0.5) is 11.4 Å². The number of allylic oxidation sites excluding steroid dienone is 2. The zero-order chi connectivity index (χ0) is 30.7. The predicted molar refractivity (Wildman–Crippen MR) is 167 cm³/mol. The number of fused-ring (bicyclic) bond motifs is 4. The topological polar surface area (TPSA) is 104 Å². The van der Waals surface area contributed by atoms with Gasteiger partial charge in [0.15, 0.2) is 0 Å². The monoisotopic (exact) mass is 654 g/mol. The van der Waals surface area contributed by atoms with Gasteiger partial charge in [-0.3, -0.25) is 24.1 Å². The van der Waals surface area contributed by atoms with Crippen LogP contribution in [0.1, 0.15) is 31.2 Å². The fourth-order valence-corrected chi connectivity index (χ4v) is 8.30. The maximum atomic E-state index is 14.5. The van der Waals surface area contributed by atoms with Crippen LogP contribution in [0.3, 0.4) is 0 Å². The molecule has 1 N–H and O–H groups in total. The van der Waals surface area contributed by atoms with Crippen molar-refractivity contribution in [2.75, 3.05) is 23.0 Å². The van der Waals surface area contributed by atoms with Gasteiger partial charge >= 0.3 is 0 Å². The number of ether oxygens (including phenoxy) is 1. The van der Waals surface area contributed by atoms with Gasteiger partial charge < -0.3 is 9.84 Å². The van der Waals surface area contributed by atoms with E-state index in [0.717, 1.165) is 15.6 Å². The normalized spacial score (nSPS) is 29.3. The van der Waals surface area contributed by atoms with E-state index in [1.54, 1.807) is 54.6 Å². The molecule has 3 fully saturated rings. The molecule has 2 aliphatic carbocycles. The highest BCUT2D eigenvalue weighted by Gasteiger charge is 2.68. The molecule has 0 radical (unpaired) electrons. The molecule has 2 aliphatic heterocycles. The second-order valence-corrected chi connectivity index (χ2v) is 13.0. The fraction of sp³-hybridized carbons (Fsp3) is 0.314. The summed E-state index contributed by atoms with van der Waals surface area (Å²) in [6.45, 7) is 1.73. The summed E-state index contributed by atoms with van der Waals surface area (Å²) < 4.78 is 6.81. The van der Waals surface area contributed by atoms with Crippen molar-refractivity contribution >= 4 is 50.9 Å². The van der Waals surface area contributed by atoms with Gasteiger partial charge in [-0.2, -0.15) is 0 Å². The van der Waals surface area contributed by atoms with E-state index in [9.17, 15) is 24.3 Å². The lowest BCUT2D eigenvalue weighted by Crippen LogP contribution is -2.49. The number of nitrogens with zero attached hydrogens (tertiary/aromatic N) is 2. The molecule has 1 saturated carbocycles. The predicted octanol–water partition coefficient (Wildman–Crippen LogP) is 5.26. The summed E-state index contributed by atoms with van der Waals surface area (Å²) in [5, 5.41) is 9.53. The van der Waals surface area contributed by atoms with Crippen molar-refractivity contribution in [1.82, 2.24) is 0 Å². The van der Waals surface area contributed by atoms with Crippen LogP contribution in [0.15, 0.2) is 95.0 Å². The van der Waals surface area contributed by atoms with Gasteiger partial charge in [-0.05, 0) is 68.1 Å². The summed E-state index contributed by atoms with van der Waals surface area (Å²) in [5.41, 5.74) is 1.46. The molecule has 6 atom stereocenters. The number of benzene rings is 3. The molecule has 2 heterocycles. The van der Waals surface area contributed by atoms with Gasteiger partial charge in [-0.25, -0.2) is 4.90 Å². The number of para-hydroxylation sites is 2. The van der Waals surface area contributed by atoms with Crippen molar-refractivity contribution in [3.05, 3.63) is 101 Å². The molecule has 0 spiro atoms. The third-order valence-electron chi connectivity index (χ3n) is 9.95. The number of amides is 4. The highest BCUT2D eigenvalue weighted by Crippen LogP contribution is 2.64. The van der Waals surface area contributed by atoms with Crippen molar-refractivity contribution in [3.8, 4) is 5.75 Å². The highest BCUT2D eigenvalue weighted by atomic mass is 79.9. The van der Waals surface area contributed by atoms with Crippen LogP contribution in [0.2, 0.25) is 0 Å². The molecular weight excluding hydrogens is 624 g/mol. The number of rotatable bonds is 6. The van der Waals surface area contributed by atoms with E-state index in [-0.39, 0.29) is 43.3 Å². The Morgan fingerprint density at radius 1 is 0.841 bits per heavy atom. The maximum Gasteiger partial charge on any atom is 0.241 e. The van der Waals surface area contributed by atoms with Gasteiger partial charge in [0, 0.05) is 16.0 Å². The van der Waals surface area contributed by atoms with E-state index >= 15 is 0 Å². The molecule has 0 bridgehead atoms. The number of carbonyl (C=O) groups excluding carboxylic acids is 4. The van der Waals surface area contributed by atoms with E-state index in [1.807, 2.05) is 37.3 Å². The molecule has 4 amide bonds. The van der Waals surface area contributed by atoms with E-state index in [2.05, 4.69) is 15.9 Å². The lowest BCUT2D eigenvalue weighted by atomic mass is 9.51. The SMILES string of the molecule is CC12C(=O)N(c3ccccc3)C(=O)C1CC1C(=CCC3C(=O)N(c4ccc(Br)cc4)C(=O)C31)C2c1ccccc1OCCO. The number of aliphatic hydroxyl groups is 1. The molecular formula is C35H31BrN2O6. The first-order valence-electron chi connectivity index (χ1n) is 14.9. The third kappa shape index (κ3) is 4.13. The maximum absolute atomic E-state index is 14.5. The third-order valence-corrected chi connectivity index (χ3v) is 10.5. The van der Waals surface area contributed by atoms with Crippen molar-refractivity contribution in [1.29, 1.82) is 0 Å². The minimum Gasteiger partial charge on any atom is -0.491 e. The largest absolute Gasteiger partial charge is 0.491 e. The second-order valence-electron chi connectivity index (χ2n) is 12.1. The first-order chi connectivity index (χ1) is 21.3. The molecule has 8 nitrogen and oxygen atoms in total. The smallest absolute Gasteiger partial charge is 0.241 e. The van der Waals surface area contributed by atoms with Gasteiger partial charge in [0.25, 0.3) is 0 Å². The van der Waals surface area contributed by atoms with Crippen LogP contribution in [-0.4, -0.2) is 41.9 Å². The number of carbonyl (C=O) groups is 4. The summed E-state index contributed by atoms with van der Waals surface area (Å²) in [4.78, 5) is 59.4. The van der Waals surface area contributed by atoms with Crippen molar-refractivity contribution in [2.45, 2.75) is 25.7 Å². The zero-order valence-corrected chi connectivity index (χ0v) is 25.6. The van der Waals surface area contributed by atoms with Crippen LogP contribution in [0, 0.1) is 29.1 Å². The van der Waals surface area contributed by atoms with Gasteiger partial charge in [0.1, 0.15) is 12.4 Å². The number of hydrogen-bond acceptors (Lipinski definition) is 6. The number of aliphatic hydroxyl groups excluding tert-OH is 1. The van der Waals surface area contributed by atoms with E-state index in [4.69, 9.17) is 4.74 Å². The standard InChI is InChI=1S/C35H31BrN2O6/c1-35-27(32(41)38(34(35)43)21-7-3-2-4-8-21)19-26-23(30(35)24-9-5-6-10-28(24)44-18-17-39)15-16-25-29(26)33(42)37(31(25)40)22-13-11-20(36)12-14-22/h2-15,25-27,29-30,39H,16-19H2,1H3. The Bertz CT molecular complexity index is 1710. The van der Waals surface area contributed by atoms with E-state index < -0.39 is 35.0 Å². The lowest BCUT2D eigenvalue weighted by molar-refractivity contribution is -0.131. The molecule has 9 heteroatoms. The summed E-state index contributed by atoms with van der Waals surface area (Å²) in [5.74, 6) is -3.55. The Balaban J connectivity index is 1.37. The van der Waals surface area contributed by atoms with Crippen molar-refractivity contribution in [3.63, 3.8) is 0 Å². The number of imide groups is 2. The van der Waals surface area contributed by atoms with Crippen LogP contribution < -0.4 is 14.5 Å². The Hall–Kier alpha value is -4.08. The van der Waals surface area contributed by atoms with Gasteiger partial charge in [0.05, 0.1) is 41.2 Å². The van der Waals surface area contributed by atoms with Crippen LogP contribution in [0.25, 0.3) is 0 Å². The zero-order valence-electron chi connectivity index (χ0n) is 24.1. The lowest BCUT2D eigenvalue weighted by Gasteiger charge is -2.49. The van der Waals surface area contributed by atoms with Gasteiger partial charge in [-0.1, -0.05) is 64.0 Å². The van der Waals surface area contributed by atoms with Crippen molar-refractivity contribution in [2.24, 2.45) is 29.1 Å². The fourth-order valence-electron chi connectivity index (χ4n) is 8.03. The van der Waals surface area contributed by atoms with E-state index in [0.29, 0.717) is 23.5 Å². The Morgan fingerprint density at radius 3 is 2.25 bits per heavy atom. The first-order valence-corrected chi connectivity index (χ1v) is 15.7. The summed E-state index contributed by atoms with van der Waals surface area (Å²) in [6.07, 6.45) is 2.66. The average Bonchev–Trinajstić information content (AvgIpc) is 3.40. The highest BCUT2D eigenvalue weighted by molar-refractivity contribution is 9.10. The summed E-state index contributed by atoms with van der Waals surface area (Å²) in [7, 11) is 0. The number of halogens is 1. The number of hydrogen-bond donors (Lipinski definition) is 1. The molecule has 4 aliphatic rings. The Morgan fingerprint density at radius 2 is 1.52 bits per heavy atom. The van der Waals surface area contributed by atoms with E-state index in [1.165, 1.54) is 9.80 Å². The second kappa shape index (κ2) is 10.8. The minimum atomic E-state index is -1.17. The van der Waals surface area contributed by atoms with Gasteiger partial charge in [0.2, 0.25) is 23.6 Å². The molecule has 6 unspecified atom stereocenters. The first kappa shape index (κ1) is 28.7. The quantitative estimate of drug-likeness (QED) is 0.287. The van der Waals surface area contributed by atoms with Crippen LogP contribution >= 0.6 is 15.9 Å². The van der Waals surface area contributed by atoms with Crippen molar-refractivity contribution < 1.29 is 29.0 Å². The van der Waals surface area contributed by atoms with Crippen LogP contribution in [0.5, 0.6) is 5.75 Å². The Labute approximate surface area is 263 Å².